The van der Waals surface area contributed by atoms with Crippen LogP contribution in [0, 0.1) is 0 Å². The van der Waals surface area contributed by atoms with E-state index < -0.39 is 18.1 Å². The summed E-state index contributed by atoms with van der Waals surface area (Å²) in [5, 5.41) is 14.1. The highest BCUT2D eigenvalue weighted by molar-refractivity contribution is 5.81. The largest absolute Gasteiger partial charge is 0.480 e. The highest BCUT2D eigenvalue weighted by atomic mass is 16.4. The number of amides is 2. The van der Waals surface area contributed by atoms with E-state index in [2.05, 4.69) is 17.6 Å². The summed E-state index contributed by atoms with van der Waals surface area (Å²) in [5.74, 6) is -1.46. The van der Waals surface area contributed by atoms with E-state index in [1.54, 1.807) is 0 Å². The molecule has 2 amide bonds. The zero-order valence-corrected chi connectivity index (χ0v) is 13.8. The van der Waals surface area contributed by atoms with Gasteiger partial charge in [-0.2, -0.15) is 0 Å². The third kappa shape index (κ3) is 11.5. The van der Waals surface area contributed by atoms with Crippen LogP contribution in [0.15, 0.2) is 0 Å². The molecule has 0 saturated heterocycles. The first-order valence-electron chi connectivity index (χ1n) is 8.16. The van der Waals surface area contributed by atoms with Crippen molar-refractivity contribution in [1.29, 1.82) is 0 Å². The fraction of sp³-hybridized carbons (Fsp3) is 0.800. The number of carboxylic acids is 1. The molecule has 134 valence electrons. The monoisotopic (exact) mass is 330 g/mol. The van der Waals surface area contributed by atoms with Gasteiger partial charge in [-0.3, -0.25) is 14.4 Å². The minimum Gasteiger partial charge on any atom is -0.480 e. The molecule has 0 radical (unpaired) electrons. The van der Waals surface area contributed by atoms with Gasteiger partial charge in [0.2, 0.25) is 11.8 Å². The molecule has 0 bridgehead atoms. The van der Waals surface area contributed by atoms with Crippen LogP contribution in [0.3, 0.4) is 0 Å². The number of rotatable bonds is 13. The number of unbranched alkanes of at least 4 members (excludes halogenated alkanes) is 2. The lowest BCUT2D eigenvalue weighted by Gasteiger charge is -2.12. The smallest absolute Gasteiger partial charge is 0.320 e. The van der Waals surface area contributed by atoms with Crippen LogP contribution in [0.5, 0.6) is 0 Å². The van der Waals surface area contributed by atoms with Gasteiger partial charge in [0.15, 0.2) is 0 Å². The van der Waals surface area contributed by atoms with Crippen LogP contribution in [0.25, 0.3) is 0 Å². The summed E-state index contributed by atoms with van der Waals surface area (Å²) in [7, 11) is 0. The Bertz CT molecular complexity index is 376. The zero-order valence-electron chi connectivity index (χ0n) is 13.8. The van der Waals surface area contributed by atoms with Gasteiger partial charge in [-0.15, -0.1) is 0 Å². The molecule has 0 fully saturated rings. The molecule has 23 heavy (non-hydrogen) atoms. The molecule has 2 atom stereocenters. The van der Waals surface area contributed by atoms with Gasteiger partial charge >= 0.3 is 5.97 Å². The lowest BCUT2D eigenvalue weighted by Crippen LogP contribution is -2.41. The number of carboxylic acid groups (broad SMARTS) is 1. The first-order chi connectivity index (χ1) is 10.9. The van der Waals surface area contributed by atoms with E-state index in [4.69, 9.17) is 16.6 Å². The van der Waals surface area contributed by atoms with E-state index in [0.717, 1.165) is 19.3 Å². The molecule has 0 aliphatic heterocycles. The van der Waals surface area contributed by atoms with Gasteiger partial charge in [-0.25, -0.2) is 0 Å². The quantitative estimate of drug-likeness (QED) is 0.293. The van der Waals surface area contributed by atoms with Crippen molar-refractivity contribution in [1.82, 2.24) is 10.6 Å². The van der Waals surface area contributed by atoms with Crippen molar-refractivity contribution in [2.75, 3.05) is 13.1 Å². The molecule has 0 aliphatic carbocycles. The van der Waals surface area contributed by atoms with E-state index in [0.29, 0.717) is 25.9 Å². The van der Waals surface area contributed by atoms with Crippen molar-refractivity contribution in [3.8, 4) is 0 Å². The highest BCUT2D eigenvalue weighted by Crippen LogP contribution is 2.00. The number of aliphatic carboxylic acids is 1. The maximum atomic E-state index is 11.6. The average Bonchev–Trinajstić information content (AvgIpc) is 2.51. The van der Waals surface area contributed by atoms with Crippen LogP contribution < -0.4 is 22.1 Å². The number of carbonyl (C=O) groups is 3. The minimum atomic E-state index is -1.11. The van der Waals surface area contributed by atoms with Gasteiger partial charge in [0.1, 0.15) is 6.04 Å². The normalized spacial score (nSPS) is 13.2. The fourth-order valence-electron chi connectivity index (χ4n) is 1.87. The molecule has 7 N–H and O–H groups in total. The molecule has 8 heteroatoms. The standard InChI is InChI=1S/C15H30N4O4/c1-2-3-9-19-14(21)11(16)6-4-5-10-18-13(20)8-7-12(17)15(22)23/h11-12H,2-10,16-17H2,1H3,(H,18,20)(H,19,21)(H,22,23)/t11-,12-/m0/s1. The summed E-state index contributed by atoms with van der Waals surface area (Å²) in [5.41, 5.74) is 11.1. The number of hydrogen-bond acceptors (Lipinski definition) is 5. The van der Waals surface area contributed by atoms with E-state index in [9.17, 15) is 14.4 Å². The van der Waals surface area contributed by atoms with Gasteiger partial charge in [0.25, 0.3) is 0 Å². The molecule has 0 spiro atoms. The number of nitrogens with one attached hydrogen (secondary N) is 2. The topological polar surface area (TPSA) is 148 Å². The van der Waals surface area contributed by atoms with Gasteiger partial charge in [-0.1, -0.05) is 13.3 Å². The van der Waals surface area contributed by atoms with Crippen LogP contribution in [-0.4, -0.2) is 48.1 Å². The van der Waals surface area contributed by atoms with E-state index in [1.165, 1.54) is 0 Å². The Hall–Kier alpha value is -1.67. The highest BCUT2D eigenvalue weighted by Gasteiger charge is 2.14. The molecule has 0 heterocycles. The Morgan fingerprint density at radius 3 is 2.22 bits per heavy atom. The minimum absolute atomic E-state index is 0.0901. The van der Waals surface area contributed by atoms with Crippen molar-refractivity contribution in [2.45, 2.75) is 64.0 Å². The van der Waals surface area contributed by atoms with Crippen LogP contribution in [0.2, 0.25) is 0 Å². The molecular formula is C15H30N4O4. The third-order valence-electron chi connectivity index (χ3n) is 3.43. The summed E-state index contributed by atoms with van der Waals surface area (Å²) >= 11 is 0. The molecule has 0 aromatic heterocycles. The van der Waals surface area contributed by atoms with E-state index in [1.807, 2.05) is 0 Å². The molecule has 8 nitrogen and oxygen atoms in total. The number of hydrogen-bond donors (Lipinski definition) is 5. The van der Waals surface area contributed by atoms with Crippen LogP contribution in [0.4, 0.5) is 0 Å². The second kappa shape index (κ2) is 12.8. The molecular weight excluding hydrogens is 300 g/mol. The molecule has 0 aromatic rings. The van der Waals surface area contributed by atoms with Crippen molar-refractivity contribution in [2.24, 2.45) is 11.5 Å². The summed E-state index contributed by atoms with van der Waals surface area (Å²) < 4.78 is 0. The Kier molecular flexibility index (Phi) is 11.9. The van der Waals surface area contributed by atoms with Gasteiger partial charge < -0.3 is 27.2 Å². The van der Waals surface area contributed by atoms with Gasteiger partial charge in [0.05, 0.1) is 6.04 Å². The second-order valence-electron chi connectivity index (χ2n) is 5.58. The average molecular weight is 330 g/mol. The maximum absolute atomic E-state index is 11.6. The third-order valence-corrected chi connectivity index (χ3v) is 3.43. The second-order valence-corrected chi connectivity index (χ2v) is 5.58. The Morgan fingerprint density at radius 1 is 0.957 bits per heavy atom. The predicted molar refractivity (Wildman–Crippen MR) is 87.6 cm³/mol. The first-order valence-corrected chi connectivity index (χ1v) is 8.16. The number of carbonyl (C=O) groups excluding carboxylic acids is 2. The molecule has 0 aromatic carbocycles. The van der Waals surface area contributed by atoms with Crippen molar-refractivity contribution < 1.29 is 19.5 Å². The molecule has 0 saturated carbocycles. The van der Waals surface area contributed by atoms with Crippen molar-refractivity contribution in [3.63, 3.8) is 0 Å². The van der Waals surface area contributed by atoms with Gasteiger partial charge in [-0.05, 0) is 32.1 Å². The Balaban J connectivity index is 3.62. The summed E-state index contributed by atoms with van der Waals surface area (Å²) in [6.45, 7) is 3.18. The summed E-state index contributed by atoms with van der Waals surface area (Å²) in [4.78, 5) is 33.6. The lowest BCUT2D eigenvalue weighted by atomic mass is 10.1. The van der Waals surface area contributed by atoms with E-state index >= 15 is 0 Å². The van der Waals surface area contributed by atoms with Crippen molar-refractivity contribution in [3.05, 3.63) is 0 Å². The predicted octanol–water partition coefficient (Wildman–Crippen LogP) is -0.291. The van der Waals surface area contributed by atoms with Crippen LogP contribution in [0.1, 0.15) is 51.9 Å². The molecule has 0 rings (SSSR count). The zero-order chi connectivity index (χ0) is 17.7. The fourth-order valence-corrected chi connectivity index (χ4v) is 1.87. The van der Waals surface area contributed by atoms with E-state index in [-0.39, 0.29) is 24.7 Å². The van der Waals surface area contributed by atoms with Crippen LogP contribution in [-0.2, 0) is 14.4 Å². The number of nitrogens with two attached hydrogens (primary N) is 2. The maximum Gasteiger partial charge on any atom is 0.320 e. The van der Waals surface area contributed by atoms with Crippen LogP contribution >= 0.6 is 0 Å². The molecule has 0 unspecified atom stereocenters. The lowest BCUT2D eigenvalue weighted by molar-refractivity contribution is -0.138. The summed E-state index contributed by atoms with van der Waals surface area (Å²) in [6.07, 6.45) is 4.18. The van der Waals surface area contributed by atoms with Crippen molar-refractivity contribution >= 4 is 17.8 Å². The molecule has 0 aliphatic rings. The van der Waals surface area contributed by atoms with Gasteiger partial charge in [0, 0.05) is 19.5 Å². The Labute approximate surface area is 137 Å². The first kappa shape index (κ1) is 21.3. The SMILES string of the molecule is CCCCNC(=O)[C@@H](N)CCCCNC(=O)CC[C@H](N)C(=O)O. The summed E-state index contributed by atoms with van der Waals surface area (Å²) in [6, 6.07) is -1.53. The Morgan fingerprint density at radius 2 is 1.61 bits per heavy atom.